The molecule has 2 amide bonds. The quantitative estimate of drug-likeness (QED) is 0.497. The van der Waals surface area contributed by atoms with Crippen molar-refractivity contribution in [2.24, 2.45) is 0 Å². The predicted octanol–water partition coefficient (Wildman–Crippen LogP) is -0.428. The molecule has 1 N–H and O–H groups in total. The smallest absolute Gasteiger partial charge is 0.318 e. The van der Waals surface area contributed by atoms with Crippen LogP contribution in [0.4, 0.5) is 4.79 Å². The molecule has 4 nitrogen and oxygen atoms in total. The van der Waals surface area contributed by atoms with Gasteiger partial charge in [-0.1, -0.05) is 0 Å². The zero-order valence-corrected chi connectivity index (χ0v) is 5.54. The first kappa shape index (κ1) is 5.97. The Bertz CT molecular complexity index is 160. The Morgan fingerprint density at radius 3 is 3.50 bits per heavy atom. The number of fused-ring (bicyclic) bond motifs is 1. The summed E-state index contributed by atoms with van der Waals surface area (Å²) in [4.78, 5) is 12.7. The summed E-state index contributed by atoms with van der Waals surface area (Å²) < 4.78 is 5.17. The second-order valence-electron chi connectivity index (χ2n) is 2.45. The first-order valence-corrected chi connectivity index (χ1v) is 3.36. The molecule has 10 heavy (non-hydrogen) atoms. The number of ether oxygens (including phenoxy) is 1. The number of rotatable bonds is 0. The number of nitrogens with one attached hydrogen (secondary N) is 1. The molecule has 2 saturated heterocycles. The molecule has 0 aromatic rings. The summed E-state index contributed by atoms with van der Waals surface area (Å²) in [5, 5.41) is 2.64. The van der Waals surface area contributed by atoms with Gasteiger partial charge in [0.1, 0.15) is 0 Å². The van der Waals surface area contributed by atoms with Gasteiger partial charge in [0.25, 0.3) is 0 Å². The molecule has 2 aliphatic rings. The maximum atomic E-state index is 10.9. The summed E-state index contributed by atoms with van der Waals surface area (Å²) in [6.45, 7) is 3.80. The Morgan fingerprint density at radius 1 is 1.80 bits per heavy atom. The van der Waals surface area contributed by atoms with Gasteiger partial charge in [0.15, 0.2) is 0 Å². The molecule has 0 aromatic carbocycles. The summed E-state index contributed by atoms with van der Waals surface area (Å²) >= 11 is 0. The van der Waals surface area contributed by atoms with E-state index in [1.54, 1.807) is 11.4 Å². The van der Waals surface area contributed by atoms with Gasteiger partial charge in [0.2, 0.25) is 0 Å². The van der Waals surface area contributed by atoms with Crippen LogP contribution in [0.3, 0.4) is 0 Å². The molecule has 2 aliphatic heterocycles. The molecule has 0 saturated carbocycles. The molecule has 0 aliphatic carbocycles. The normalized spacial score (nSPS) is 31.8. The Labute approximate surface area is 59.1 Å². The number of carbonyl (C=O) groups is 1. The number of hydrogen-bond acceptors (Lipinski definition) is 2. The van der Waals surface area contributed by atoms with Crippen molar-refractivity contribution >= 4 is 6.03 Å². The van der Waals surface area contributed by atoms with E-state index in [2.05, 4.69) is 5.32 Å². The number of amides is 2. The highest BCUT2D eigenvalue weighted by Crippen LogP contribution is 2.13. The van der Waals surface area contributed by atoms with Crippen LogP contribution in [0, 0.1) is 6.54 Å². The fourth-order valence-electron chi connectivity index (χ4n) is 1.26. The largest absolute Gasteiger partial charge is 0.377 e. The number of hydrogen-bond donors (Lipinski definition) is 1. The molecule has 55 valence electrons. The van der Waals surface area contributed by atoms with Crippen molar-refractivity contribution in [3.05, 3.63) is 6.54 Å². The molecule has 1 unspecified atom stereocenters. The highest BCUT2D eigenvalue weighted by Gasteiger charge is 2.33. The maximum absolute atomic E-state index is 10.9. The number of morpholine rings is 1. The fraction of sp³-hybridized carbons (Fsp3) is 0.667. The van der Waals surface area contributed by atoms with Crippen molar-refractivity contribution < 1.29 is 9.53 Å². The molecule has 4 heteroatoms. The summed E-state index contributed by atoms with van der Waals surface area (Å²) in [6, 6.07) is 0.176. The third-order valence-electron chi connectivity index (χ3n) is 1.83. The minimum absolute atomic E-state index is 0.00769. The van der Waals surface area contributed by atoms with E-state index in [1.807, 2.05) is 0 Å². The molecule has 2 fully saturated rings. The van der Waals surface area contributed by atoms with E-state index in [9.17, 15) is 4.79 Å². The minimum atomic E-state index is 0.00769. The second-order valence-corrected chi connectivity index (χ2v) is 2.45. The van der Waals surface area contributed by atoms with Gasteiger partial charge >= 0.3 is 6.03 Å². The summed E-state index contributed by atoms with van der Waals surface area (Å²) in [6.07, 6.45) is 0. The fourth-order valence-corrected chi connectivity index (χ4v) is 1.26. The van der Waals surface area contributed by atoms with Crippen molar-refractivity contribution in [1.29, 1.82) is 0 Å². The summed E-state index contributed by atoms with van der Waals surface area (Å²) in [5.74, 6) is 0. The first-order valence-electron chi connectivity index (χ1n) is 3.36. The zero-order chi connectivity index (χ0) is 6.97. The van der Waals surface area contributed by atoms with E-state index in [4.69, 9.17) is 4.74 Å². The van der Waals surface area contributed by atoms with Gasteiger partial charge in [-0.25, -0.2) is 4.79 Å². The third-order valence-corrected chi connectivity index (χ3v) is 1.83. The summed E-state index contributed by atoms with van der Waals surface area (Å²) in [5.41, 5.74) is 0. The standard InChI is InChI=1S/C6H9N2O2/c9-6-7-3-5-4-10-2-1-8(5)6/h3,5H,1-2,4H2,(H,7,9). The van der Waals surface area contributed by atoms with Crippen LogP contribution >= 0.6 is 0 Å². The Kier molecular flexibility index (Phi) is 1.27. The van der Waals surface area contributed by atoms with E-state index < -0.39 is 0 Å². The molecule has 0 bridgehead atoms. The number of nitrogens with zero attached hydrogens (tertiary/aromatic N) is 1. The van der Waals surface area contributed by atoms with Crippen molar-refractivity contribution in [2.45, 2.75) is 6.04 Å². The molecule has 0 aromatic heterocycles. The SMILES string of the molecule is O=C1N[CH]C2COCCN12. The third kappa shape index (κ3) is 0.759. The highest BCUT2D eigenvalue weighted by atomic mass is 16.5. The number of carbonyl (C=O) groups excluding carboxylic acids is 1. The van der Waals surface area contributed by atoms with E-state index in [0.29, 0.717) is 19.8 Å². The van der Waals surface area contributed by atoms with Crippen LogP contribution in [0.5, 0.6) is 0 Å². The van der Waals surface area contributed by atoms with Crippen LogP contribution in [0.25, 0.3) is 0 Å². The van der Waals surface area contributed by atoms with E-state index in [0.717, 1.165) is 0 Å². The van der Waals surface area contributed by atoms with Crippen molar-refractivity contribution in [2.75, 3.05) is 19.8 Å². The zero-order valence-electron chi connectivity index (χ0n) is 5.54. The number of urea groups is 1. The van der Waals surface area contributed by atoms with E-state index >= 15 is 0 Å². The van der Waals surface area contributed by atoms with E-state index in [-0.39, 0.29) is 12.1 Å². The molecule has 2 rings (SSSR count). The van der Waals surface area contributed by atoms with Gasteiger partial charge in [0.05, 0.1) is 25.8 Å². The lowest BCUT2D eigenvalue weighted by molar-refractivity contribution is 0.0351. The van der Waals surface area contributed by atoms with Crippen molar-refractivity contribution in [3.8, 4) is 0 Å². The van der Waals surface area contributed by atoms with Crippen LogP contribution in [0.15, 0.2) is 0 Å². The van der Waals surface area contributed by atoms with Gasteiger partial charge in [-0.05, 0) is 0 Å². The molecule has 1 radical (unpaired) electrons. The van der Waals surface area contributed by atoms with Gasteiger partial charge < -0.3 is 15.0 Å². The van der Waals surface area contributed by atoms with E-state index in [1.165, 1.54) is 0 Å². The van der Waals surface area contributed by atoms with Crippen LogP contribution < -0.4 is 5.32 Å². The second kappa shape index (κ2) is 2.12. The Morgan fingerprint density at radius 2 is 2.70 bits per heavy atom. The molecule has 0 spiro atoms. The minimum Gasteiger partial charge on any atom is -0.377 e. The molecular weight excluding hydrogens is 132 g/mol. The Hall–Kier alpha value is -0.770. The lowest BCUT2D eigenvalue weighted by Gasteiger charge is -2.27. The van der Waals surface area contributed by atoms with Crippen molar-refractivity contribution in [1.82, 2.24) is 10.2 Å². The van der Waals surface area contributed by atoms with Gasteiger partial charge in [-0.3, -0.25) is 0 Å². The molecular formula is C6H9N2O2. The van der Waals surface area contributed by atoms with Gasteiger partial charge in [-0.2, -0.15) is 0 Å². The van der Waals surface area contributed by atoms with Crippen molar-refractivity contribution in [3.63, 3.8) is 0 Å². The average Bonchev–Trinajstić information content (AvgIpc) is 2.34. The maximum Gasteiger partial charge on any atom is 0.318 e. The first-order chi connectivity index (χ1) is 4.88. The topological polar surface area (TPSA) is 41.6 Å². The molecule has 1 atom stereocenters. The molecule has 2 heterocycles. The lowest BCUT2D eigenvalue weighted by Crippen LogP contribution is -2.43. The monoisotopic (exact) mass is 141 g/mol. The van der Waals surface area contributed by atoms with Gasteiger partial charge in [-0.15, -0.1) is 0 Å². The van der Waals surface area contributed by atoms with Crippen LogP contribution in [-0.2, 0) is 4.74 Å². The average molecular weight is 141 g/mol. The van der Waals surface area contributed by atoms with Crippen LogP contribution in [0.1, 0.15) is 0 Å². The van der Waals surface area contributed by atoms with Crippen LogP contribution in [0.2, 0.25) is 0 Å². The summed E-state index contributed by atoms with van der Waals surface area (Å²) in [7, 11) is 0. The predicted molar refractivity (Wildman–Crippen MR) is 34.1 cm³/mol. The lowest BCUT2D eigenvalue weighted by atomic mass is 10.3. The highest BCUT2D eigenvalue weighted by molar-refractivity contribution is 5.78. The van der Waals surface area contributed by atoms with Crippen LogP contribution in [-0.4, -0.2) is 36.7 Å². The van der Waals surface area contributed by atoms with Gasteiger partial charge in [0, 0.05) is 6.54 Å². The Balaban J connectivity index is 2.08.